The van der Waals surface area contributed by atoms with Crippen molar-refractivity contribution in [1.82, 2.24) is 10.3 Å². The summed E-state index contributed by atoms with van der Waals surface area (Å²) in [6, 6.07) is 1.00. The minimum atomic E-state index is -1.05. The van der Waals surface area contributed by atoms with E-state index in [0.717, 1.165) is 15.1 Å². The maximum atomic E-state index is 10.9. The summed E-state index contributed by atoms with van der Waals surface area (Å²) in [6.07, 6.45) is 1.66. The van der Waals surface area contributed by atoms with Crippen molar-refractivity contribution in [3.05, 3.63) is 22.3 Å². The molecule has 1 aromatic heterocycles. The largest absolute Gasteiger partial charge is 0.480 e. The van der Waals surface area contributed by atoms with E-state index in [-0.39, 0.29) is 11.7 Å². The molecule has 0 saturated heterocycles. The smallest absolute Gasteiger partial charge is 0.327 e. The molecular formula is C11H13BrN2O3S. The highest BCUT2D eigenvalue weighted by Crippen LogP contribution is 2.23. The first-order chi connectivity index (χ1) is 8.40. The molecule has 0 unspecified atom stereocenters. The molecule has 1 atom stereocenters. The van der Waals surface area contributed by atoms with Crippen molar-refractivity contribution in [3.8, 4) is 0 Å². The van der Waals surface area contributed by atoms with Crippen LogP contribution < -0.4 is 5.32 Å². The van der Waals surface area contributed by atoms with E-state index in [1.54, 1.807) is 6.20 Å². The van der Waals surface area contributed by atoms with Crippen LogP contribution >= 0.6 is 27.7 Å². The Bertz CT molecular complexity index is 468. The molecule has 0 aliphatic rings. The number of hydrogen-bond donors (Lipinski definition) is 2. The number of hydrogen-bond acceptors (Lipinski definition) is 4. The van der Waals surface area contributed by atoms with Crippen LogP contribution in [-0.4, -0.2) is 33.8 Å². The summed E-state index contributed by atoms with van der Waals surface area (Å²) in [5.74, 6) is -1.17. The van der Waals surface area contributed by atoms with Crippen LogP contribution in [0.25, 0.3) is 0 Å². The number of nitrogens with one attached hydrogen (secondary N) is 1. The number of halogens is 1. The molecule has 5 nitrogen and oxygen atoms in total. The quantitative estimate of drug-likeness (QED) is 0.804. The van der Waals surface area contributed by atoms with Crippen LogP contribution in [0.5, 0.6) is 0 Å². The molecule has 1 amide bonds. The standard InChI is InChI=1S/C11H13BrN2O3S/c1-6-3-8(12)4-13-10(6)18-5-9(11(16)17)14-7(2)15/h3-4,9H,5H2,1-2H3,(H,14,15)(H,16,17)/t9-/m0/s1. The van der Waals surface area contributed by atoms with Gasteiger partial charge in [0.1, 0.15) is 6.04 Å². The van der Waals surface area contributed by atoms with Gasteiger partial charge in [-0.3, -0.25) is 4.79 Å². The van der Waals surface area contributed by atoms with Gasteiger partial charge in [-0.1, -0.05) is 0 Å². The first kappa shape index (κ1) is 15.0. The number of nitrogens with zero attached hydrogens (tertiary/aromatic N) is 1. The minimum absolute atomic E-state index is 0.240. The van der Waals surface area contributed by atoms with E-state index in [1.807, 2.05) is 13.0 Å². The fourth-order valence-corrected chi connectivity index (χ4v) is 2.67. The highest BCUT2D eigenvalue weighted by molar-refractivity contribution is 9.10. The summed E-state index contributed by atoms with van der Waals surface area (Å²) in [7, 11) is 0. The first-order valence-electron chi connectivity index (χ1n) is 5.15. The molecule has 0 bridgehead atoms. The number of aryl methyl sites for hydroxylation is 1. The predicted molar refractivity (Wildman–Crippen MR) is 72.6 cm³/mol. The van der Waals surface area contributed by atoms with Crippen molar-refractivity contribution in [2.75, 3.05) is 5.75 Å². The van der Waals surface area contributed by atoms with Gasteiger partial charge in [-0.15, -0.1) is 11.8 Å². The van der Waals surface area contributed by atoms with E-state index in [9.17, 15) is 9.59 Å². The summed E-state index contributed by atoms with van der Waals surface area (Å²) in [4.78, 5) is 26.0. The van der Waals surface area contributed by atoms with Crippen molar-refractivity contribution in [1.29, 1.82) is 0 Å². The molecule has 0 aliphatic carbocycles. The molecule has 0 aliphatic heterocycles. The Kier molecular flexibility index (Phi) is 5.61. The van der Waals surface area contributed by atoms with Gasteiger partial charge in [0.15, 0.2) is 0 Å². The Balaban J connectivity index is 2.66. The second-order valence-electron chi connectivity index (χ2n) is 3.68. The van der Waals surface area contributed by atoms with Gasteiger partial charge in [0, 0.05) is 23.3 Å². The molecule has 0 spiro atoms. The lowest BCUT2D eigenvalue weighted by Crippen LogP contribution is -2.41. The molecule has 1 aromatic rings. The molecule has 0 radical (unpaired) electrons. The number of aliphatic carboxylic acids is 1. The number of carboxylic acid groups (broad SMARTS) is 1. The van der Waals surface area contributed by atoms with Gasteiger partial charge in [-0.05, 0) is 34.5 Å². The second-order valence-corrected chi connectivity index (χ2v) is 5.60. The van der Waals surface area contributed by atoms with Gasteiger partial charge in [0.05, 0.1) is 5.03 Å². The highest BCUT2D eigenvalue weighted by atomic mass is 79.9. The van der Waals surface area contributed by atoms with Crippen molar-refractivity contribution in [3.63, 3.8) is 0 Å². The maximum Gasteiger partial charge on any atom is 0.327 e. The Morgan fingerprint density at radius 2 is 2.28 bits per heavy atom. The Hall–Kier alpha value is -1.08. The van der Waals surface area contributed by atoms with Crippen LogP contribution in [0.2, 0.25) is 0 Å². The summed E-state index contributed by atoms with van der Waals surface area (Å²) in [6.45, 7) is 3.19. The highest BCUT2D eigenvalue weighted by Gasteiger charge is 2.19. The van der Waals surface area contributed by atoms with E-state index >= 15 is 0 Å². The lowest BCUT2D eigenvalue weighted by atomic mass is 10.3. The zero-order valence-electron chi connectivity index (χ0n) is 9.94. The van der Waals surface area contributed by atoms with Crippen molar-refractivity contribution < 1.29 is 14.7 Å². The second kappa shape index (κ2) is 6.75. The van der Waals surface area contributed by atoms with Crippen LogP contribution in [0, 0.1) is 6.92 Å². The van der Waals surface area contributed by atoms with Crippen molar-refractivity contribution in [2.24, 2.45) is 0 Å². The normalized spacial score (nSPS) is 11.9. The third-order valence-corrected chi connectivity index (χ3v) is 3.69. The number of carbonyl (C=O) groups excluding carboxylic acids is 1. The average molecular weight is 333 g/mol. The number of pyridine rings is 1. The van der Waals surface area contributed by atoms with E-state index in [2.05, 4.69) is 26.2 Å². The van der Waals surface area contributed by atoms with Crippen molar-refractivity contribution >= 4 is 39.6 Å². The molecule has 0 saturated carbocycles. The summed E-state index contributed by atoms with van der Waals surface area (Å²) in [5, 5.41) is 12.1. The topological polar surface area (TPSA) is 79.3 Å². The molecular weight excluding hydrogens is 320 g/mol. The number of amides is 1. The summed E-state index contributed by atoms with van der Waals surface area (Å²) in [5.41, 5.74) is 0.960. The Morgan fingerprint density at radius 1 is 1.61 bits per heavy atom. The lowest BCUT2D eigenvalue weighted by molar-refractivity contribution is -0.140. The van der Waals surface area contributed by atoms with Crippen LogP contribution in [0.4, 0.5) is 0 Å². The monoisotopic (exact) mass is 332 g/mol. The molecule has 1 heterocycles. The van der Waals surface area contributed by atoms with E-state index in [0.29, 0.717) is 0 Å². The van der Waals surface area contributed by atoms with E-state index in [4.69, 9.17) is 5.11 Å². The number of carbonyl (C=O) groups is 2. The van der Waals surface area contributed by atoms with Crippen LogP contribution in [0.1, 0.15) is 12.5 Å². The van der Waals surface area contributed by atoms with Gasteiger partial charge < -0.3 is 10.4 Å². The van der Waals surface area contributed by atoms with Crippen molar-refractivity contribution in [2.45, 2.75) is 24.9 Å². The van der Waals surface area contributed by atoms with Gasteiger partial charge in [0.2, 0.25) is 5.91 Å². The molecule has 7 heteroatoms. The summed E-state index contributed by atoms with van der Waals surface area (Å²) >= 11 is 4.62. The zero-order chi connectivity index (χ0) is 13.7. The number of carboxylic acids is 1. The SMILES string of the molecule is CC(=O)N[C@@H](CSc1ncc(Br)cc1C)C(=O)O. The number of thioether (sulfide) groups is 1. The maximum absolute atomic E-state index is 10.9. The first-order valence-corrected chi connectivity index (χ1v) is 6.93. The molecule has 98 valence electrons. The van der Waals surface area contributed by atoms with Crippen LogP contribution in [0.3, 0.4) is 0 Å². The number of rotatable bonds is 5. The zero-order valence-corrected chi connectivity index (χ0v) is 12.3. The molecule has 0 aromatic carbocycles. The molecule has 2 N–H and O–H groups in total. The Morgan fingerprint density at radius 3 is 2.78 bits per heavy atom. The van der Waals surface area contributed by atoms with E-state index < -0.39 is 12.0 Å². The Labute approximate surface area is 117 Å². The van der Waals surface area contributed by atoms with Gasteiger partial charge in [0.25, 0.3) is 0 Å². The average Bonchev–Trinajstić information content (AvgIpc) is 2.25. The van der Waals surface area contributed by atoms with Gasteiger partial charge in [-0.2, -0.15) is 0 Å². The van der Waals surface area contributed by atoms with E-state index in [1.165, 1.54) is 18.7 Å². The number of aromatic nitrogens is 1. The third-order valence-electron chi connectivity index (χ3n) is 2.06. The van der Waals surface area contributed by atoms with Crippen LogP contribution in [0.15, 0.2) is 21.8 Å². The molecule has 1 rings (SSSR count). The molecule has 0 fully saturated rings. The van der Waals surface area contributed by atoms with Gasteiger partial charge >= 0.3 is 5.97 Å². The third kappa shape index (κ3) is 4.66. The minimum Gasteiger partial charge on any atom is -0.480 e. The van der Waals surface area contributed by atoms with Gasteiger partial charge in [-0.25, -0.2) is 9.78 Å². The summed E-state index contributed by atoms with van der Waals surface area (Å²) < 4.78 is 0.876. The molecule has 18 heavy (non-hydrogen) atoms. The van der Waals surface area contributed by atoms with Crippen LogP contribution in [-0.2, 0) is 9.59 Å². The predicted octanol–water partition coefficient (Wildman–Crippen LogP) is 1.83. The fourth-order valence-electron chi connectivity index (χ4n) is 1.26. The lowest BCUT2D eigenvalue weighted by Gasteiger charge is -2.13. The fraction of sp³-hybridized carbons (Fsp3) is 0.364.